The third kappa shape index (κ3) is 6.80. The maximum atomic E-state index is 12.7. The van der Waals surface area contributed by atoms with Crippen LogP contribution >= 0.6 is 0 Å². The predicted molar refractivity (Wildman–Crippen MR) is 121 cm³/mol. The molecule has 0 atom stereocenters. The van der Waals surface area contributed by atoms with Gasteiger partial charge in [-0.25, -0.2) is 4.79 Å². The van der Waals surface area contributed by atoms with Gasteiger partial charge in [-0.2, -0.15) is 0 Å². The molecule has 0 radical (unpaired) electrons. The first-order valence-corrected chi connectivity index (χ1v) is 11.1. The second kappa shape index (κ2) is 11.8. The van der Waals surface area contributed by atoms with Gasteiger partial charge in [0.05, 0.1) is 30.1 Å². The first kappa shape index (κ1) is 23.2. The summed E-state index contributed by atoms with van der Waals surface area (Å²) in [6, 6.07) is 12.5. The van der Waals surface area contributed by atoms with Gasteiger partial charge in [0.15, 0.2) is 0 Å². The fourth-order valence-corrected chi connectivity index (χ4v) is 3.85. The quantitative estimate of drug-likeness (QED) is 0.584. The molecule has 1 fully saturated rings. The standard InChI is InChI=1S/C24H30N4O4/c1-2-32-24(31)28-21-9-4-3-8-20(21)23(30)26-15-17-10-12-18(13-11-17)22(29)27-16-19-7-5-6-14-25-19/h3-9,14,17-18H,2,10-13,15-16H2,1H3,(H,26,30)(H,27,29)(H,28,31). The third-order valence-electron chi connectivity index (χ3n) is 5.62. The Bertz CT molecular complexity index is 911. The maximum Gasteiger partial charge on any atom is 0.411 e. The van der Waals surface area contributed by atoms with E-state index in [1.165, 1.54) is 0 Å². The van der Waals surface area contributed by atoms with E-state index in [-0.39, 0.29) is 24.3 Å². The minimum atomic E-state index is -0.590. The smallest absolute Gasteiger partial charge is 0.411 e. The molecule has 1 aliphatic carbocycles. The lowest BCUT2D eigenvalue weighted by atomic mass is 9.81. The number of carbonyl (C=O) groups is 3. The van der Waals surface area contributed by atoms with Crippen LogP contribution in [0.2, 0.25) is 0 Å². The zero-order valence-electron chi connectivity index (χ0n) is 18.3. The van der Waals surface area contributed by atoms with Gasteiger partial charge in [-0.05, 0) is 62.8 Å². The molecule has 8 heteroatoms. The average molecular weight is 439 g/mol. The number of amides is 3. The zero-order valence-corrected chi connectivity index (χ0v) is 18.3. The highest BCUT2D eigenvalue weighted by atomic mass is 16.5. The number of rotatable bonds is 8. The number of hydrogen-bond acceptors (Lipinski definition) is 5. The van der Waals surface area contributed by atoms with Gasteiger partial charge in [0.25, 0.3) is 5.91 Å². The number of anilines is 1. The molecule has 0 aliphatic heterocycles. The predicted octanol–water partition coefficient (Wildman–Crippen LogP) is 3.50. The lowest BCUT2D eigenvalue weighted by Gasteiger charge is -2.28. The van der Waals surface area contributed by atoms with Crippen molar-refractivity contribution in [2.24, 2.45) is 11.8 Å². The molecule has 170 valence electrons. The molecule has 0 spiro atoms. The lowest BCUT2D eigenvalue weighted by Crippen LogP contribution is -2.36. The summed E-state index contributed by atoms with van der Waals surface area (Å²) in [5.74, 6) is 0.147. The number of benzene rings is 1. The van der Waals surface area contributed by atoms with E-state index in [1.807, 2.05) is 18.2 Å². The van der Waals surface area contributed by atoms with Crippen molar-refractivity contribution in [3.8, 4) is 0 Å². The van der Waals surface area contributed by atoms with Gasteiger partial charge in [-0.1, -0.05) is 18.2 Å². The van der Waals surface area contributed by atoms with E-state index in [4.69, 9.17) is 4.74 Å². The van der Waals surface area contributed by atoms with Gasteiger partial charge in [-0.3, -0.25) is 19.9 Å². The van der Waals surface area contributed by atoms with E-state index >= 15 is 0 Å². The van der Waals surface area contributed by atoms with Crippen LogP contribution in [-0.2, 0) is 16.1 Å². The van der Waals surface area contributed by atoms with Crippen molar-refractivity contribution in [3.63, 3.8) is 0 Å². The summed E-state index contributed by atoms with van der Waals surface area (Å²) in [5.41, 5.74) is 1.65. The first-order valence-electron chi connectivity index (χ1n) is 11.1. The number of pyridine rings is 1. The highest BCUT2D eigenvalue weighted by molar-refractivity contribution is 6.02. The van der Waals surface area contributed by atoms with Gasteiger partial charge in [0, 0.05) is 18.7 Å². The highest BCUT2D eigenvalue weighted by Crippen LogP contribution is 2.28. The monoisotopic (exact) mass is 438 g/mol. The number of ether oxygens (including phenoxy) is 1. The van der Waals surface area contributed by atoms with Crippen LogP contribution < -0.4 is 16.0 Å². The number of aromatic nitrogens is 1. The maximum absolute atomic E-state index is 12.7. The van der Waals surface area contributed by atoms with E-state index < -0.39 is 6.09 Å². The molecule has 3 rings (SSSR count). The summed E-state index contributed by atoms with van der Waals surface area (Å²) in [6.45, 7) is 2.95. The van der Waals surface area contributed by atoms with Crippen LogP contribution in [0.5, 0.6) is 0 Å². The second-order valence-corrected chi connectivity index (χ2v) is 7.86. The summed E-state index contributed by atoms with van der Waals surface area (Å²) < 4.78 is 4.89. The Morgan fingerprint density at radius 3 is 2.47 bits per heavy atom. The molecule has 1 aliphatic rings. The molecule has 1 saturated carbocycles. The fraction of sp³-hybridized carbons (Fsp3) is 0.417. The van der Waals surface area contributed by atoms with Crippen LogP contribution in [0.1, 0.15) is 48.7 Å². The van der Waals surface area contributed by atoms with Crippen molar-refractivity contribution < 1.29 is 19.1 Å². The van der Waals surface area contributed by atoms with Crippen molar-refractivity contribution in [1.29, 1.82) is 0 Å². The molecule has 0 bridgehead atoms. The summed E-state index contributed by atoms with van der Waals surface area (Å²) in [6.07, 6.45) is 4.49. The van der Waals surface area contributed by atoms with Gasteiger partial charge in [0.2, 0.25) is 5.91 Å². The zero-order chi connectivity index (χ0) is 22.8. The van der Waals surface area contributed by atoms with Crippen LogP contribution in [0.15, 0.2) is 48.7 Å². The van der Waals surface area contributed by atoms with Crippen LogP contribution in [0.3, 0.4) is 0 Å². The molecular formula is C24H30N4O4. The van der Waals surface area contributed by atoms with Crippen molar-refractivity contribution in [2.75, 3.05) is 18.5 Å². The van der Waals surface area contributed by atoms with Crippen molar-refractivity contribution in [3.05, 3.63) is 59.9 Å². The number of nitrogens with zero attached hydrogens (tertiary/aromatic N) is 1. The van der Waals surface area contributed by atoms with E-state index in [1.54, 1.807) is 37.4 Å². The number of nitrogens with one attached hydrogen (secondary N) is 3. The summed E-state index contributed by atoms with van der Waals surface area (Å²) in [4.78, 5) is 41.0. The molecule has 3 N–H and O–H groups in total. The average Bonchev–Trinajstić information content (AvgIpc) is 2.82. The fourth-order valence-electron chi connectivity index (χ4n) is 3.85. The molecular weight excluding hydrogens is 408 g/mol. The molecule has 1 heterocycles. The SMILES string of the molecule is CCOC(=O)Nc1ccccc1C(=O)NCC1CCC(C(=O)NCc2ccccn2)CC1. The van der Waals surface area contributed by atoms with Gasteiger partial charge < -0.3 is 15.4 Å². The molecule has 1 aromatic carbocycles. The van der Waals surface area contributed by atoms with E-state index in [2.05, 4.69) is 20.9 Å². The van der Waals surface area contributed by atoms with Crippen LogP contribution in [-0.4, -0.2) is 36.0 Å². The number of carbonyl (C=O) groups excluding carboxylic acids is 3. The normalized spacial score (nSPS) is 17.8. The van der Waals surface area contributed by atoms with Crippen LogP contribution in [0.25, 0.3) is 0 Å². The molecule has 32 heavy (non-hydrogen) atoms. The molecule has 0 saturated heterocycles. The van der Waals surface area contributed by atoms with E-state index in [0.29, 0.717) is 30.3 Å². The summed E-state index contributed by atoms with van der Waals surface area (Å²) >= 11 is 0. The Labute approximate surface area is 188 Å². The molecule has 1 aromatic heterocycles. The highest BCUT2D eigenvalue weighted by Gasteiger charge is 2.26. The van der Waals surface area contributed by atoms with Gasteiger partial charge in [0.1, 0.15) is 0 Å². The Hall–Kier alpha value is -3.42. The number of para-hydroxylation sites is 1. The van der Waals surface area contributed by atoms with E-state index in [0.717, 1.165) is 31.4 Å². The Morgan fingerprint density at radius 2 is 1.75 bits per heavy atom. The summed E-state index contributed by atoms with van der Waals surface area (Å²) in [5, 5.41) is 8.54. The molecule has 3 amide bonds. The van der Waals surface area contributed by atoms with Gasteiger partial charge >= 0.3 is 6.09 Å². The van der Waals surface area contributed by atoms with Crippen LogP contribution in [0.4, 0.5) is 10.5 Å². The topological polar surface area (TPSA) is 109 Å². The second-order valence-electron chi connectivity index (χ2n) is 7.86. The Kier molecular flexibility index (Phi) is 8.60. The first-order chi connectivity index (χ1) is 15.6. The Balaban J connectivity index is 1.42. The lowest BCUT2D eigenvalue weighted by molar-refractivity contribution is -0.126. The van der Waals surface area contributed by atoms with Crippen molar-refractivity contribution in [1.82, 2.24) is 15.6 Å². The Morgan fingerprint density at radius 1 is 1.00 bits per heavy atom. The minimum Gasteiger partial charge on any atom is -0.450 e. The van der Waals surface area contributed by atoms with E-state index in [9.17, 15) is 14.4 Å². The van der Waals surface area contributed by atoms with Crippen molar-refractivity contribution >= 4 is 23.6 Å². The van der Waals surface area contributed by atoms with Crippen LogP contribution in [0, 0.1) is 11.8 Å². The largest absolute Gasteiger partial charge is 0.450 e. The van der Waals surface area contributed by atoms with Gasteiger partial charge in [-0.15, -0.1) is 0 Å². The minimum absolute atomic E-state index is 0.000155. The van der Waals surface area contributed by atoms with Crippen molar-refractivity contribution in [2.45, 2.75) is 39.2 Å². The number of hydrogen-bond donors (Lipinski definition) is 3. The third-order valence-corrected chi connectivity index (χ3v) is 5.62. The summed E-state index contributed by atoms with van der Waals surface area (Å²) in [7, 11) is 0. The molecule has 2 aromatic rings. The molecule has 8 nitrogen and oxygen atoms in total. The molecule has 0 unspecified atom stereocenters.